The van der Waals surface area contributed by atoms with Gasteiger partial charge < -0.3 is 4.90 Å². The molecule has 0 aliphatic carbocycles. The number of likely N-dealkylation sites (tertiary alicyclic amines) is 1. The highest BCUT2D eigenvalue weighted by Gasteiger charge is 2.35. The van der Waals surface area contributed by atoms with Crippen LogP contribution >= 0.6 is 0 Å². The molecule has 1 aliphatic heterocycles. The Labute approximate surface area is 140 Å². The van der Waals surface area contributed by atoms with Gasteiger partial charge in [0, 0.05) is 36.3 Å². The number of nitrogens with zero attached hydrogens (tertiary/aromatic N) is 2. The fourth-order valence-electron chi connectivity index (χ4n) is 3.67. The van der Waals surface area contributed by atoms with Gasteiger partial charge >= 0.3 is 6.18 Å². The third kappa shape index (κ3) is 3.12. The zero-order chi connectivity index (χ0) is 17.5. The third-order valence-corrected chi connectivity index (χ3v) is 4.75. The largest absolute Gasteiger partial charge is 0.418 e. The molecule has 2 heterocycles. The molecule has 0 radical (unpaired) electrons. The summed E-state index contributed by atoms with van der Waals surface area (Å²) in [5, 5.41) is 0.605. The summed E-state index contributed by atoms with van der Waals surface area (Å²) in [7, 11) is 0. The zero-order valence-corrected chi connectivity index (χ0v) is 13.9. The van der Waals surface area contributed by atoms with Gasteiger partial charge in [-0.2, -0.15) is 13.2 Å². The molecule has 128 valence electrons. The molecule has 2 atom stereocenters. The quantitative estimate of drug-likeness (QED) is 0.749. The number of pyridine rings is 1. The van der Waals surface area contributed by atoms with Crippen LogP contribution in [0.25, 0.3) is 10.9 Å². The lowest BCUT2D eigenvalue weighted by Crippen LogP contribution is -2.37. The van der Waals surface area contributed by atoms with Crippen LogP contribution in [0.15, 0.2) is 42.7 Å². The van der Waals surface area contributed by atoms with Gasteiger partial charge in [0.15, 0.2) is 0 Å². The highest BCUT2D eigenvalue weighted by molar-refractivity contribution is 5.86. The topological polar surface area (TPSA) is 16.1 Å². The number of allylic oxidation sites excluding steroid dienone is 1. The minimum atomic E-state index is -4.39. The summed E-state index contributed by atoms with van der Waals surface area (Å²) < 4.78 is 39.8. The summed E-state index contributed by atoms with van der Waals surface area (Å²) in [5.41, 5.74) is 1.33. The lowest BCUT2D eigenvalue weighted by Gasteiger charge is -2.38. The van der Waals surface area contributed by atoms with E-state index < -0.39 is 11.7 Å². The van der Waals surface area contributed by atoms with Gasteiger partial charge in [-0.1, -0.05) is 25.6 Å². The molecule has 0 amide bonds. The van der Waals surface area contributed by atoms with Crippen molar-refractivity contribution >= 4 is 10.9 Å². The van der Waals surface area contributed by atoms with E-state index in [0.29, 0.717) is 11.3 Å². The molecule has 1 saturated heterocycles. The first-order valence-electron chi connectivity index (χ1n) is 8.12. The van der Waals surface area contributed by atoms with E-state index in [9.17, 15) is 13.2 Å². The molecule has 1 aromatic carbocycles. The molecule has 1 aromatic heterocycles. The summed E-state index contributed by atoms with van der Waals surface area (Å²) in [5.74, 6) is 0.647. The standard InChI is InChI=1S/C19H21F3N2/c1-12(2)24-10-13(3)9-14(11-24)15-6-7-17(19(20,21)22)18-16(15)5-4-8-23-18/h4-8,13-14H,1,9-11H2,2-3H3/t13-,14?/m1/s1. The lowest BCUT2D eigenvalue weighted by atomic mass is 9.83. The molecule has 0 saturated carbocycles. The summed E-state index contributed by atoms with van der Waals surface area (Å²) in [6.07, 6.45) is -2.01. The van der Waals surface area contributed by atoms with Crippen LogP contribution in [0.1, 0.15) is 37.3 Å². The summed E-state index contributed by atoms with van der Waals surface area (Å²) in [6, 6.07) is 6.26. The number of fused-ring (bicyclic) bond motifs is 1. The van der Waals surface area contributed by atoms with E-state index in [4.69, 9.17) is 0 Å². The van der Waals surface area contributed by atoms with Crippen LogP contribution in [0.5, 0.6) is 0 Å². The van der Waals surface area contributed by atoms with Gasteiger partial charge in [-0.25, -0.2) is 0 Å². The van der Waals surface area contributed by atoms with Crippen molar-refractivity contribution in [2.24, 2.45) is 5.92 Å². The second-order valence-corrected chi connectivity index (χ2v) is 6.78. The Morgan fingerprint density at radius 3 is 2.67 bits per heavy atom. The molecule has 0 bridgehead atoms. The van der Waals surface area contributed by atoms with Gasteiger partial charge in [0.25, 0.3) is 0 Å². The van der Waals surface area contributed by atoms with Crippen molar-refractivity contribution in [3.63, 3.8) is 0 Å². The minimum Gasteiger partial charge on any atom is -0.375 e. The molecule has 3 rings (SSSR count). The van der Waals surface area contributed by atoms with Crippen LogP contribution in [0.4, 0.5) is 13.2 Å². The second-order valence-electron chi connectivity index (χ2n) is 6.78. The van der Waals surface area contributed by atoms with Crippen LogP contribution in [-0.4, -0.2) is 23.0 Å². The molecule has 1 aliphatic rings. The predicted molar refractivity (Wildman–Crippen MR) is 89.7 cm³/mol. The molecule has 0 spiro atoms. The molecule has 1 fully saturated rings. The average molecular weight is 334 g/mol. The number of hydrogen-bond donors (Lipinski definition) is 0. The van der Waals surface area contributed by atoms with Gasteiger partial charge in [0.2, 0.25) is 0 Å². The number of benzene rings is 1. The van der Waals surface area contributed by atoms with E-state index in [2.05, 4.69) is 23.4 Å². The van der Waals surface area contributed by atoms with Gasteiger partial charge in [0.05, 0.1) is 11.1 Å². The van der Waals surface area contributed by atoms with Crippen LogP contribution in [-0.2, 0) is 6.18 Å². The van der Waals surface area contributed by atoms with Gasteiger partial charge in [-0.3, -0.25) is 4.98 Å². The van der Waals surface area contributed by atoms with Crippen LogP contribution in [0, 0.1) is 5.92 Å². The fourth-order valence-corrected chi connectivity index (χ4v) is 3.67. The van der Waals surface area contributed by atoms with Crippen molar-refractivity contribution in [2.45, 2.75) is 32.4 Å². The molecule has 0 N–H and O–H groups in total. The van der Waals surface area contributed by atoms with Crippen molar-refractivity contribution in [1.82, 2.24) is 9.88 Å². The lowest BCUT2D eigenvalue weighted by molar-refractivity contribution is -0.136. The third-order valence-electron chi connectivity index (χ3n) is 4.75. The first-order valence-corrected chi connectivity index (χ1v) is 8.12. The first kappa shape index (κ1) is 16.8. The van der Waals surface area contributed by atoms with Crippen LogP contribution < -0.4 is 0 Å². The molecule has 1 unspecified atom stereocenters. The van der Waals surface area contributed by atoms with E-state index in [-0.39, 0.29) is 11.4 Å². The second kappa shape index (κ2) is 6.11. The zero-order valence-electron chi connectivity index (χ0n) is 13.9. The maximum absolute atomic E-state index is 13.3. The van der Waals surface area contributed by atoms with Gasteiger partial charge in [-0.05, 0) is 37.0 Å². The highest BCUT2D eigenvalue weighted by atomic mass is 19.4. The maximum Gasteiger partial charge on any atom is 0.418 e. The predicted octanol–water partition coefficient (Wildman–Crippen LogP) is 5.21. The van der Waals surface area contributed by atoms with Crippen molar-refractivity contribution in [2.75, 3.05) is 13.1 Å². The van der Waals surface area contributed by atoms with Crippen molar-refractivity contribution in [1.29, 1.82) is 0 Å². The molecule has 5 heteroatoms. The van der Waals surface area contributed by atoms with Crippen molar-refractivity contribution in [3.05, 3.63) is 53.9 Å². The van der Waals surface area contributed by atoms with Crippen molar-refractivity contribution in [3.8, 4) is 0 Å². The van der Waals surface area contributed by atoms with Gasteiger partial charge in [-0.15, -0.1) is 0 Å². The Bertz CT molecular complexity index is 767. The SMILES string of the molecule is C=C(C)N1CC(c2ccc(C(F)(F)F)c3ncccc23)C[C@@H](C)C1. The average Bonchev–Trinajstić information content (AvgIpc) is 2.52. The van der Waals surface area contributed by atoms with Crippen LogP contribution in [0.3, 0.4) is 0 Å². The highest BCUT2D eigenvalue weighted by Crippen LogP contribution is 2.39. The summed E-state index contributed by atoms with van der Waals surface area (Å²) in [4.78, 5) is 6.25. The van der Waals surface area contributed by atoms with Crippen LogP contribution in [0.2, 0.25) is 0 Å². The van der Waals surface area contributed by atoms with E-state index >= 15 is 0 Å². The number of hydrogen-bond acceptors (Lipinski definition) is 2. The Hall–Kier alpha value is -2.04. The number of halogens is 3. The smallest absolute Gasteiger partial charge is 0.375 e. The fraction of sp³-hybridized carbons (Fsp3) is 0.421. The molecular formula is C19H21F3N2. The number of aromatic nitrogens is 1. The molecule has 2 nitrogen and oxygen atoms in total. The minimum absolute atomic E-state index is 0.0441. The number of alkyl halides is 3. The van der Waals surface area contributed by atoms with Gasteiger partial charge in [0.1, 0.15) is 0 Å². The van der Waals surface area contributed by atoms with Crippen molar-refractivity contribution < 1.29 is 13.2 Å². The summed E-state index contributed by atoms with van der Waals surface area (Å²) in [6.45, 7) is 9.90. The maximum atomic E-state index is 13.3. The Morgan fingerprint density at radius 2 is 2.00 bits per heavy atom. The first-order chi connectivity index (χ1) is 11.3. The van der Waals surface area contributed by atoms with E-state index in [1.807, 2.05) is 6.92 Å². The monoisotopic (exact) mass is 334 g/mol. The Kier molecular flexibility index (Phi) is 4.28. The number of rotatable bonds is 2. The Balaban J connectivity index is 2.09. The van der Waals surface area contributed by atoms with E-state index in [1.165, 1.54) is 12.3 Å². The number of piperidine rings is 1. The molecular weight excluding hydrogens is 313 g/mol. The molecule has 2 aromatic rings. The van der Waals surface area contributed by atoms with E-state index in [0.717, 1.165) is 30.8 Å². The van der Waals surface area contributed by atoms with E-state index in [1.54, 1.807) is 18.2 Å². The summed E-state index contributed by atoms with van der Waals surface area (Å²) >= 11 is 0. The molecule has 24 heavy (non-hydrogen) atoms. The Morgan fingerprint density at radius 1 is 1.25 bits per heavy atom. The normalized spacial score (nSPS) is 22.0.